The Morgan fingerprint density at radius 1 is 1.30 bits per heavy atom. The Bertz CT molecular complexity index is 380. The van der Waals surface area contributed by atoms with Gasteiger partial charge in [0.25, 0.3) is 0 Å². The van der Waals surface area contributed by atoms with E-state index in [-0.39, 0.29) is 12.6 Å². The number of aliphatic carboxylic acids is 1. The van der Waals surface area contributed by atoms with Crippen molar-refractivity contribution >= 4 is 17.9 Å². The van der Waals surface area contributed by atoms with Crippen LogP contribution >= 0.6 is 0 Å². The Morgan fingerprint density at radius 2 is 1.85 bits per heavy atom. The zero-order valence-electron chi connectivity index (χ0n) is 12.0. The molecule has 20 heavy (non-hydrogen) atoms. The number of rotatable bonds is 6. The van der Waals surface area contributed by atoms with Crippen molar-refractivity contribution in [1.29, 1.82) is 0 Å². The van der Waals surface area contributed by atoms with E-state index in [9.17, 15) is 14.4 Å². The number of nitrogens with two attached hydrogens (primary N) is 1. The van der Waals surface area contributed by atoms with Gasteiger partial charge in [0.15, 0.2) is 0 Å². The van der Waals surface area contributed by atoms with Crippen LogP contribution in [0.1, 0.15) is 39.5 Å². The van der Waals surface area contributed by atoms with E-state index in [0.717, 1.165) is 25.7 Å². The minimum absolute atomic E-state index is 0.00911. The molecule has 1 aliphatic rings. The van der Waals surface area contributed by atoms with Crippen molar-refractivity contribution in [1.82, 2.24) is 10.2 Å². The molecular weight excluding hydrogens is 262 g/mol. The SMILES string of the molecule is CC(NC(=O)N(CC(N)=O)C1CCCC1)C(C)C(=O)O. The van der Waals surface area contributed by atoms with Crippen molar-refractivity contribution in [3.63, 3.8) is 0 Å². The fraction of sp³-hybridized carbons (Fsp3) is 0.769. The number of hydrogen-bond acceptors (Lipinski definition) is 3. The van der Waals surface area contributed by atoms with Crippen LogP contribution in [0, 0.1) is 5.92 Å². The van der Waals surface area contributed by atoms with Gasteiger partial charge in [-0.1, -0.05) is 12.8 Å². The number of primary amides is 1. The third-order valence-corrected chi connectivity index (χ3v) is 3.84. The van der Waals surface area contributed by atoms with Crippen LogP contribution in [0.15, 0.2) is 0 Å². The lowest BCUT2D eigenvalue weighted by Gasteiger charge is -2.30. The summed E-state index contributed by atoms with van der Waals surface area (Å²) < 4.78 is 0. The molecule has 3 amide bonds. The lowest BCUT2D eigenvalue weighted by atomic mass is 10.0. The highest BCUT2D eigenvalue weighted by Crippen LogP contribution is 2.23. The molecule has 0 aliphatic heterocycles. The first kappa shape index (κ1) is 16.3. The maximum Gasteiger partial charge on any atom is 0.318 e. The average Bonchev–Trinajstić information content (AvgIpc) is 2.87. The normalized spacial score (nSPS) is 18.3. The Labute approximate surface area is 118 Å². The zero-order chi connectivity index (χ0) is 15.3. The average molecular weight is 285 g/mol. The van der Waals surface area contributed by atoms with Gasteiger partial charge >= 0.3 is 12.0 Å². The number of carboxylic acid groups (broad SMARTS) is 1. The smallest absolute Gasteiger partial charge is 0.318 e. The molecule has 1 rings (SSSR count). The van der Waals surface area contributed by atoms with Crippen molar-refractivity contribution in [3.8, 4) is 0 Å². The van der Waals surface area contributed by atoms with Gasteiger partial charge in [0.1, 0.15) is 6.54 Å². The van der Waals surface area contributed by atoms with E-state index in [1.54, 1.807) is 6.92 Å². The molecule has 0 spiro atoms. The minimum Gasteiger partial charge on any atom is -0.481 e. The van der Waals surface area contributed by atoms with Gasteiger partial charge in [-0.05, 0) is 26.7 Å². The Morgan fingerprint density at radius 3 is 2.30 bits per heavy atom. The molecule has 0 aromatic carbocycles. The molecule has 0 aromatic heterocycles. The fourth-order valence-corrected chi connectivity index (χ4v) is 2.37. The number of nitrogens with zero attached hydrogens (tertiary/aromatic N) is 1. The molecule has 2 atom stereocenters. The minimum atomic E-state index is -0.972. The number of urea groups is 1. The first-order valence-corrected chi connectivity index (χ1v) is 6.91. The fourth-order valence-electron chi connectivity index (χ4n) is 2.37. The van der Waals surface area contributed by atoms with Gasteiger partial charge in [0, 0.05) is 12.1 Å². The molecule has 0 aromatic rings. The van der Waals surface area contributed by atoms with Crippen LogP contribution in [0.2, 0.25) is 0 Å². The lowest BCUT2D eigenvalue weighted by Crippen LogP contribution is -2.52. The summed E-state index contributed by atoms with van der Waals surface area (Å²) in [5.41, 5.74) is 5.18. The standard InChI is InChI=1S/C13H23N3O4/c1-8(12(18)19)9(2)15-13(20)16(7-11(14)17)10-5-3-4-6-10/h8-10H,3-7H2,1-2H3,(H2,14,17)(H,15,20)(H,18,19). The summed E-state index contributed by atoms with van der Waals surface area (Å²) in [6.07, 6.45) is 3.75. The molecule has 0 heterocycles. The third kappa shape index (κ3) is 4.40. The maximum absolute atomic E-state index is 12.2. The topological polar surface area (TPSA) is 113 Å². The number of carbonyl (C=O) groups excluding carboxylic acids is 2. The van der Waals surface area contributed by atoms with E-state index in [1.165, 1.54) is 11.8 Å². The molecule has 4 N–H and O–H groups in total. The van der Waals surface area contributed by atoms with Gasteiger partial charge in [-0.3, -0.25) is 9.59 Å². The second-order valence-corrected chi connectivity index (χ2v) is 5.40. The van der Waals surface area contributed by atoms with Crippen molar-refractivity contribution in [2.75, 3.05) is 6.54 Å². The number of carbonyl (C=O) groups is 3. The van der Waals surface area contributed by atoms with Gasteiger partial charge < -0.3 is 21.1 Å². The highest BCUT2D eigenvalue weighted by Gasteiger charge is 2.30. The number of nitrogens with one attached hydrogen (secondary N) is 1. The van der Waals surface area contributed by atoms with E-state index in [1.807, 2.05) is 0 Å². The van der Waals surface area contributed by atoms with Crippen LogP contribution in [0.4, 0.5) is 4.79 Å². The summed E-state index contributed by atoms with van der Waals surface area (Å²) in [6, 6.07) is -0.928. The quantitative estimate of drug-likeness (QED) is 0.660. The van der Waals surface area contributed by atoms with Crippen molar-refractivity contribution in [3.05, 3.63) is 0 Å². The first-order valence-electron chi connectivity index (χ1n) is 6.91. The molecule has 2 unspecified atom stereocenters. The predicted molar refractivity (Wildman–Crippen MR) is 72.9 cm³/mol. The molecule has 114 valence electrons. The molecule has 0 radical (unpaired) electrons. The number of carboxylic acids is 1. The molecule has 1 aliphatic carbocycles. The van der Waals surface area contributed by atoms with Gasteiger partial charge in [-0.15, -0.1) is 0 Å². The third-order valence-electron chi connectivity index (χ3n) is 3.84. The van der Waals surface area contributed by atoms with Crippen LogP contribution < -0.4 is 11.1 Å². The largest absolute Gasteiger partial charge is 0.481 e. The molecule has 1 fully saturated rings. The maximum atomic E-state index is 12.2. The van der Waals surface area contributed by atoms with Crippen molar-refractivity contribution < 1.29 is 19.5 Å². The number of amides is 3. The van der Waals surface area contributed by atoms with E-state index < -0.39 is 29.9 Å². The predicted octanol–water partition coefficient (Wildman–Crippen LogP) is 0.535. The Hall–Kier alpha value is -1.79. The van der Waals surface area contributed by atoms with E-state index in [2.05, 4.69) is 5.32 Å². The highest BCUT2D eigenvalue weighted by atomic mass is 16.4. The van der Waals surface area contributed by atoms with Crippen molar-refractivity contribution in [2.45, 2.75) is 51.6 Å². The molecule has 1 saturated carbocycles. The van der Waals surface area contributed by atoms with Crippen LogP contribution in [0.25, 0.3) is 0 Å². The summed E-state index contributed by atoms with van der Waals surface area (Å²) in [6.45, 7) is 3.03. The number of hydrogen-bond donors (Lipinski definition) is 3. The molecule has 7 nitrogen and oxygen atoms in total. The summed E-state index contributed by atoms with van der Waals surface area (Å²) in [7, 11) is 0. The Balaban J connectivity index is 2.67. The zero-order valence-corrected chi connectivity index (χ0v) is 12.0. The Kier molecular flexibility index (Phi) is 5.79. The van der Waals surface area contributed by atoms with E-state index in [4.69, 9.17) is 10.8 Å². The highest BCUT2D eigenvalue weighted by molar-refractivity contribution is 5.83. The van der Waals surface area contributed by atoms with Crippen LogP contribution in [-0.2, 0) is 9.59 Å². The van der Waals surface area contributed by atoms with E-state index >= 15 is 0 Å². The monoisotopic (exact) mass is 285 g/mol. The van der Waals surface area contributed by atoms with Gasteiger partial charge in [-0.25, -0.2) is 4.79 Å². The lowest BCUT2D eigenvalue weighted by molar-refractivity contribution is -0.141. The van der Waals surface area contributed by atoms with Crippen LogP contribution in [-0.4, -0.2) is 46.5 Å². The molecule has 7 heteroatoms. The molecular formula is C13H23N3O4. The van der Waals surface area contributed by atoms with Crippen molar-refractivity contribution in [2.24, 2.45) is 11.7 Å². The molecule has 0 bridgehead atoms. The summed E-state index contributed by atoms with van der Waals surface area (Å²) in [5.74, 6) is -2.23. The van der Waals surface area contributed by atoms with E-state index in [0.29, 0.717) is 0 Å². The summed E-state index contributed by atoms with van der Waals surface area (Å²) in [5, 5.41) is 11.6. The second kappa shape index (κ2) is 7.12. The summed E-state index contributed by atoms with van der Waals surface area (Å²) in [4.78, 5) is 35.6. The second-order valence-electron chi connectivity index (χ2n) is 5.40. The van der Waals surface area contributed by atoms with Gasteiger partial charge in [0.05, 0.1) is 5.92 Å². The van der Waals surface area contributed by atoms with Gasteiger partial charge in [0.2, 0.25) is 5.91 Å². The first-order chi connectivity index (χ1) is 9.32. The molecule has 0 saturated heterocycles. The van der Waals surface area contributed by atoms with Crippen LogP contribution in [0.5, 0.6) is 0 Å². The summed E-state index contributed by atoms with van der Waals surface area (Å²) >= 11 is 0. The van der Waals surface area contributed by atoms with Crippen LogP contribution in [0.3, 0.4) is 0 Å². The van der Waals surface area contributed by atoms with Gasteiger partial charge in [-0.2, -0.15) is 0 Å².